The van der Waals surface area contributed by atoms with Gasteiger partial charge in [-0.25, -0.2) is 0 Å². The van der Waals surface area contributed by atoms with Crippen LogP contribution in [-0.2, 0) is 16.1 Å². The predicted molar refractivity (Wildman–Crippen MR) is 77.6 cm³/mol. The summed E-state index contributed by atoms with van der Waals surface area (Å²) in [6.45, 7) is 4.35. The molecule has 2 rings (SSSR count). The van der Waals surface area contributed by atoms with Crippen LogP contribution in [0.5, 0.6) is 0 Å². The summed E-state index contributed by atoms with van der Waals surface area (Å²) in [6.07, 6.45) is 1.52. The molecule has 0 spiro atoms. The molecular formula is C16H23NO3. The van der Waals surface area contributed by atoms with Crippen LogP contribution in [-0.4, -0.2) is 42.8 Å². The van der Waals surface area contributed by atoms with E-state index in [4.69, 9.17) is 4.74 Å². The standard InChI is InChI=1S/C16H23NO3/c1-13-5-3-6-14(9-13)10-17(2)11-16(15(18)19)7-4-8-20-12-16/h3,5-6,9H,4,7-8,10-12H2,1-2H3,(H,18,19). The van der Waals surface area contributed by atoms with Crippen molar-refractivity contribution in [2.45, 2.75) is 26.3 Å². The predicted octanol–water partition coefficient (Wildman–Crippen LogP) is 2.31. The Balaban J connectivity index is 2.01. The molecule has 0 bridgehead atoms. The summed E-state index contributed by atoms with van der Waals surface area (Å²) in [5, 5.41) is 9.54. The number of hydrogen-bond donors (Lipinski definition) is 1. The third-order valence-electron chi connectivity index (χ3n) is 3.88. The molecule has 1 aliphatic rings. The maximum absolute atomic E-state index is 11.6. The molecule has 0 aromatic heterocycles. The fourth-order valence-electron chi connectivity index (χ4n) is 2.91. The molecule has 4 nitrogen and oxygen atoms in total. The fraction of sp³-hybridized carbons (Fsp3) is 0.562. The molecular weight excluding hydrogens is 254 g/mol. The molecule has 1 aromatic rings. The zero-order valence-corrected chi connectivity index (χ0v) is 12.3. The van der Waals surface area contributed by atoms with E-state index in [1.807, 2.05) is 13.1 Å². The van der Waals surface area contributed by atoms with Crippen molar-refractivity contribution in [3.05, 3.63) is 35.4 Å². The number of carbonyl (C=O) groups is 1. The fourth-order valence-corrected chi connectivity index (χ4v) is 2.91. The average molecular weight is 277 g/mol. The summed E-state index contributed by atoms with van der Waals surface area (Å²) in [6, 6.07) is 8.32. The lowest BCUT2D eigenvalue weighted by atomic mass is 9.82. The van der Waals surface area contributed by atoms with Crippen molar-refractivity contribution in [3.63, 3.8) is 0 Å². The van der Waals surface area contributed by atoms with Crippen molar-refractivity contribution in [1.29, 1.82) is 0 Å². The molecule has 0 radical (unpaired) electrons. The lowest BCUT2D eigenvalue weighted by Gasteiger charge is -2.36. The second kappa shape index (κ2) is 6.37. The molecule has 0 aliphatic carbocycles. The van der Waals surface area contributed by atoms with Crippen molar-refractivity contribution in [2.24, 2.45) is 5.41 Å². The summed E-state index contributed by atoms with van der Waals surface area (Å²) in [7, 11) is 1.97. The van der Waals surface area contributed by atoms with Crippen LogP contribution in [0.4, 0.5) is 0 Å². The number of benzene rings is 1. The van der Waals surface area contributed by atoms with Gasteiger partial charge in [0.2, 0.25) is 0 Å². The normalized spacial score (nSPS) is 22.9. The number of carboxylic acids is 1. The Morgan fingerprint density at radius 3 is 2.90 bits per heavy atom. The molecule has 1 saturated heterocycles. The van der Waals surface area contributed by atoms with E-state index in [9.17, 15) is 9.90 Å². The monoisotopic (exact) mass is 277 g/mol. The summed E-state index contributed by atoms with van der Waals surface area (Å²) < 4.78 is 5.41. The molecule has 1 unspecified atom stereocenters. The van der Waals surface area contributed by atoms with Crippen LogP contribution in [0.15, 0.2) is 24.3 Å². The summed E-state index contributed by atoms with van der Waals surface area (Å²) in [4.78, 5) is 13.7. The number of carboxylic acid groups (broad SMARTS) is 1. The van der Waals surface area contributed by atoms with Crippen LogP contribution in [0.2, 0.25) is 0 Å². The minimum atomic E-state index is -0.753. The Labute approximate surface area is 120 Å². The first-order valence-corrected chi connectivity index (χ1v) is 7.07. The first-order valence-electron chi connectivity index (χ1n) is 7.07. The first-order chi connectivity index (χ1) is 9.52. The van der Waals surface area contributed by atoms with Gasteiger partial charge in [0.25, 0.3) is 0 Å². The third-order valence-corrected chi connectivity index (χ3v) is 3.88. The molecule has 1 atom stereocenters. The van der Waals surface area contributed by atoms with Crippen molar-refractivity contribution in [3.8, 4) is 0 Å². The van der Waals surface area contributed by atoms with E-state index in [2.05, 4.69) is 30.0 Å². The van der Waals surface area contributed by atoms with Crippen LogP contribution in [0.25, 0.3) is 0 Å². The first kappa shape index (κ1) is 15.0. The van der Waals surface area contributed by atoms with Crippen LogP contribution in [0.1, 0.15) is 24.0 Å². The van der Waals surface area contributed by atoms with Gasteiger partial charge >= 0.3 is 5.97 Å². The molecule has 20 heavy (non-hydrogen) atoms. The Morgan fingerprint density at radius 1 is 1.50 bits per heavy atom. The van der Waals surface area contributed by atoms with Crippen molar-refractivity contribution >= 4 is 5.97 Å². The Morgan fingerprint density at radius 2 is 2.30 bits per heavy atom. The van der Waals surface area contributed by atoms with Crippen LogP contribution in [0.3, 0.4) is 0 Å². The van der Waals surface area contributed by atoms with E-state index >= 15 is 0 Å². The minimum Gasteiger partial charge on any atom is -0.481 e. The minimum absolute atomic E-state index is 0.320. The zero-order valence-electron chi connectivity index (χ0n) is 12.3. The molecule has 1 heterocycles. The van der Waals surface area contributed by atoms with Gasteiger partial charge in [-0.3, -0.25) is 4.79 Å². The maximum atomic E-state index is 11.6. The number of hydrogen-bond acceptors (Lipinski definition) is 3. The number of rotatable bonds is 5. The van der Waals surface area contributed by atoms with Gasteiger partial charge in [-0.05, 0) is 32.4 Å². The van der Waals surface area contributed by atoms with Crippen molar-refractivity contribution < 1.29 is 14.6 Å². The molecule has 110 valence electrons. The van der Waals surface area contributed by atoms with Gasteiger partial charge in [-0.1, -0.05) is 29.8 Å². The number of aliphatic carboxylic acids is 1. The van der Waals surface area contributed by atoms with Crippen LogP contribution < -0.4 is 0 Å². The number of nitrogens with zero attached hydrogens (tertiary/aromatic N) is 1. The second-order valence-electron chi connectivity index (χ2n) is 5.90. The average Bonchev–Trinajstić information content (AvgIpc) is 2.39. The highest BCUT2D eigenvalue weighted by Gasteiger charge is 2.41. The molecule has 4 heteroatoms. The highest BCUT2D eigenvalue weighted by atomic mass is 16.5. The smallest absolute Gasteiger partial charge is 0.313 e. The van der Waals surface area contributed by atoms with E-state index in [0.29, 0.717) is 26.2 Å². The lowest BCUT2D eigenvalue weighted by molar-refractivity contribution is -0.159. The van der Waals surface area contributed by atoms with E-state index in [1.165, 1.54) is 11.1 Å². The highest BCUT2D eigenvalue weighted by Crippen LogP contribution is 2.30. The summed E-state index contributed by atoms with van der Waals surface area (Å²) in [5.41, 5.74) is 1.69. The molecule has 0 amide bonds. The van der Waals surface area contributed by atoms with Crippen molar-refractivity contribution in [1.82, 2.24) is 4.90 Å². The van der Waals surface area contributed by atoms with E-state index < -0.39 is 11.4 Å². The summed E-state index contributed by atoms with van der Waals surface area (Å²) >= 11 is 0. The SMILES string of the molecule is Cc1cccc(CN(C)CC2(C(=O)O)CCCOC2)c1. The van der Waals surface area contributed by atoms with Crippen molar-refractivity contribution in [2.75, 3.05) is 26.8 Å². The second-order valence-corrected chi connectivity index (χ2v) is 5.90. The molecule has 1 N–H and O–H groups in total. The molecule has 1 aliphatic heterocycles. The zero-order chi connectivity index (χ0) is 14.6. The largest absolute Gasteiger partial charge is 0.481 e. The molecule has 1 aromatic carbocycles. The highest BCUT2D eigenvalue weighted by molar-refractivity contribution is 5.75. The Hall–Kier alpha value is -1.39. The summed E-state index contributed by atoms with van der Waals surface area (Å²) in [5.74, 6) is -0.742. The Bertz CT molecular complexity index is 467. The topological polar surface area (TPSA) is 49.8 Å². The van der Waals surface area contributed by atoms with Gasteiger partial charge < -0.3 is 14.7 Å². The van der Waals surface area contributed by atoms with E-state index in [1.54, 1.807) is 0 Å². The molecule has 1 fully saturated rings. The van der Waals surface area contributed by atoms with Crippen LogP contribution in [0, 0.1) is 12.3 Å². The maximum Gasteiger partial charge on any atom is 0.313 e. The van der Waals surface area contributed by atoms with Gasteiger partial charge in [0.05, 0.1) is 6.61 Å². The van der Waals surface area contributed by atoms with E-state index in [0.717, 1.165) is 13.0 Å². The van der Waals surface area contributed by atoms with Gasteiger partial charge in [-0.15, -0.1) is 0 Å². The Kier molecular flexibility index (Phi) is 4.78. The van der Waals surface area contributed by atoms with Gasteiger partial charge in [0, 0.05) is 19.7 Å². The number of aryl methyl sites for hydroxylation is 1. The third kappa shape index (κ3) is 3.58. The van der Waals surface area contributed by atoms with E-state index in [-0.39, 0.29) is 0 Å². The van der Waals surface area contributed by atoms with Crippen LogP contribution >= 0.6 is 0 Å². The van der Waals surface area contributed by atoms with Gasteiger partial charge in [0.1, 0.15) is 5.41 Å². The quantitative estimate of drug-likeness (QED) is 0.897. The number of ether oxygens (including phenoxy) is 1. The lowest BCUT2D eigenvalue weighted by Crippen LogP contribution is -2.47. The van der Waals surface area contributed by atoms with Gasteiger partial charge in [0.15, 0.2) is 0 Å². The molecule has 0 saturated carbocycles. The van der Waals surface area contributed by atoms with Gasteiger partial charge in [-0.2, -0.15) is 0 Å².